The predicted molar refractivity (Wildman–Crippen MR) is 62.5 cm³/mol. The Morgan fingerprint density at radius 3 is 2.69 bits per heavy atom. The highest BCUT2D eigenvalue weighted by Crippen LogP contribution is 2.19. The Kier molecular flexibility index (Phi) is 3.31. The molecule has 0 aromatic carbocycles. The van der Waals surface area contributed by atoms with E-state index in [0.29, 0.717) is 0 Å². The van der Waals surface area contributed by atoms with E-state index in [9.17, 15) is 8.42 Å². The summed E-state index contributed by atoms with van der Waals surface area (Å²) in [6, 6.07) is 0.00699. The zero-order valence-corrected chi connectivity index (χ0v) is 10.1. The van der Waals surface area contributed by atoms with Crippen LogP contribution in [0.15, 0.2) is 17.3 Å². The van der Waals surface area contributed by atoms with E-state index in [1.807, 2.05) is 0 Å². The quantitative estimate of drug-likeness (QED) is 0.784. The number of sulfonamides is 1. The first-order chi connectivity index (χ1) is 7.58. The van der Waals surface area contributed by atoms with E-state index in [4.69, 9.17) is 5.73 Å². The zero-order valence-electron chi connectivity index (χ0n) is 8.46. The molecular weight excluding hydrogens is 248 g/mol. The molecule has 0 bridgehead atoms. The smallest absolute Gasteiger partial charge is 0.243 e. The molecule has 8 heteroatoms. The van der Waals surface area contributed by atoms with Crippen molar-refractivity contribution in [3.63, 3.8) is 0 Å². The van der Waals surface area contributed by atoms with Gasteiger partial charge in [0.05, 0.1) is 12.4 Å². The lowest BCUT2D eigenvalue weighted by molar-refractivity contribution is 0.562. The van der Waals surface area contributed by atoms with E-state index in [-0.39, 0.29) is 16.9 Å². The minimum Gasteiger partial charge on any atom is -0.368 e. The van der Waals surface area contributed by atoms with Crippen LogP contribution in [0.2, 0.25) is 0 Å². The number of nitrogens with zero attached hydrogens (tertiary/aromatic N) is 2. The largest absolute Gasteiger partial charge is 0.368 e. The monoisotopic (exact) mass is 260 g/mol. The molecule has 2 heterocycles. The van der Waals surface area contributed by atoms with Crippen molar-refractivity contribution in [1.82, 2.24) is 14.7 Å². The molecule has 1 saturated heterocycles. The summed E-state index contributed by atoms with van der Waals surface area (Å²) in [5.41, 5.74) is 5.29. The molecule has 3 N–H and O–H groups in total. The summed E-state index contributed by atoms with van der Waals surface area (Å²) in [5, 5.41) is 0. The Morgan fingerprint density at radius 1 is 1.44 bits per heavy atom. The molecule has 1 aliphatic rings. The van der Waals surface area contributed by atoms with Crippen LogP contribution in [-0.2, 0) is 10.0 Å². The van der Waals surface area contributed by atoms with Crippen molar-refractivity contribution < 1.29 is 8.42 Å². The Labute approximate surface area is 98.1 Å². The van der Waals surface area contributed by atoms with E-state index < -0.39 is 10.0 Å². The van der Waals surface area contributed by atoms with Crippen molar-refractivity contribution in [3.05, 3.63) is 12.4 Å². The van der Waals surface area contributed by atoms with Gasteiger partial charge in [-0.05, 0) is 12.2 Å². The van der Waals surface area contributed by atoms with Gasteiger partial charge in [0.15, 0.2) is 0 Å². The van der Waals surface area contributed by atoms with E-state index >= 15 is 0 Å². The Balaban J connectivity index is 2.14. The molecule has 0 radical (unpaired) electrons. The molecule has 0 spiro atoms. The lowest BCUT2D eigenvalue weighted by Gasteiger charge is -2.11. The number of anilines is 1. The number of rotatable bonds is 3. The Hall–Kier alpha value is -0.860. The zero-order chi connectivity index (χ0) is 11.6. The summed E-state index contributed by atoms with van der Waals surface area (Å²) in [7, 11) is -3.50. The van der Waals surface area contributed by atoms with Crippen molar-refractivity contribution in [3.8, 4) is 0 Å². The first-order valence-corrected chi connectivity index (χ1v) is 7.39. The molecule has 1 atom stereocenters. The first-order valence-electron chi connectivity index (χ1n) is 4.75. The average molecular weight is 260 g/mol. The summed E-state index contributed by atoms with van der Waals surface area (Å²) in [6.07, 6.45) is 3.29. The minimum absolute atomic E-state index is 0.00699. The molecule has 1 aromatic heterocycles. The van der Waals surface area contributed by atoms with Gasteiger partial charge in [0.1, 0.15) is 4.90 Å². The lowest BCUT2D eigenvalue weighted by atomic mass is 10.3. The number of aromatic nitrogens is 2. The highest BCUT2D eigenvalue weighted by atomic mass is 32.2. The highest BCUT2D eigenvalue weighted by Gasteiger charge is 2.23. The molecule has 0 saturated carbocycles. The molecule has 0 aliphatic carbocycles. The maximum atomic E-state index is 11.9. The molecule has 1 aliphatic heterocycles. The third-order valence-electron chi connectivity index (χ3n) is 2.21. The van der Waals surface area contributed by atoms with Crippen LogP contribution in [-0.4, -0.2) is 35.9 Å². The van der Waals surface area contributed by atoms with Gasteiger partial charge in [-0.1, -0.05) is 0 Å². The SMILES string of the molecule is Nc1ncc(S(=O)(=O)NC2CCSC2)cn1. The van der Waals surface area contributed by atoms with Gasteiger partial charge in [0.25, 0.3) is 0 Å². The number of nitrogen functional groups attached to an aromatic ring is 1. The summed E-state index contributed by atoms with van der Waals surface area (Å²) in [5.74, 6) is 1.87. The van der Waals surface area contributed by atoms with Gasteiger partial charge in [0, 0.05) is 11.8 Å². The van der Waals surface area contributed by atoms with Crippen LogP contribution in [0.4, 0.5) is 5.95 Å². The summed E-state index contributed by atoms with van der Waals surface area (Å²) < 4.78 is 26.3. The van der Waals surface area contributed by atoms with Crippen LogP contribution in [0.3, 0.4) is 0 Å². The minimum atomic E-state index is -3.50. The Bertz CT molecular complexity index is 453. The number of thioether (sulfide) groups is 1. The van der Waals surface area contributed by atoms with E-state index in [1.54, 1.807) is 11.8 Å². The van der Waals surface area contributed by atoms with E-state index in [1.165, 1.54) is 12.4 Å². The molecule has 1 unspecified atom stereocenters. The summed E-state index contributed by atoms with van der Waals surface area (Å²) in [4.78, 5) is 7.38. The molecule has 0 amide bonds. The average Bonchev–Trinajstić information content (AvgIpc) is 2.70. The standard InChI is InChI=1S/C8H12N4O2S2/c9-8-10-3-7(4-11-8)16(13,14)12-6-1-2-15-5-6/h3-4,6,12H,1-2,5H2,(H2,9,10,11). The van der Waals surface area contributed by atoms with Gasteiger partial charge in [-0.3, -0.25) is 0 Å². The van der Waals surface area contributed by atoms with Gasteiger partial charge in [-0.25, -0.2) is 23.1 Å². The lowest BCUT2D eigenvalue weighted by Crippen LogP contribution is -2.34. The fourth-order valence-electron chi connectivity index (χ4n) is 1.38. The topological polar surface area (TPSA) is 98.0 Å². The van der Waals surface area contributed by atoms with Gasteiger partial charge >= 0.3 is 0 Å². The number of nitrogens with one attached hydrogen (secondary N) is 1. The molecule has 16 heavy (non-hydrogen) atoms. The molecule has 2 rings (SSSR count). The maximum absolute atomic E-state index is 11.9. The molecule has 1 fully saturated rings. The first kappa shape index (κ1) is 11.6. The van der Waals surface area contributed by atoms with Crippen LogP contribution >= 0.6 is 11.8 Å². The summed E-state index contributed by atoms with van der Waals surface area (Å²) in [6.45, 7) is 0. The normalized spacial score (nSPS) is 21.1. The molecular formula is C8H12N4O2S2. The predicted octanol–water partition coefficient (Wildman–Crippen LogP) is -0.157. The van der Waals surface area contributed by atoms with Crippen LogP contribution in [0.1, 0.15) is 6.42 Å². The van der Waals surface area contributed by atoms with E-state index in [2.05, 4.69) is 14.7 Å². The third kappa shape index (κ3) is 2.63. The molecule has 1 aromatic rings. The second-order valence-corrected chi connectivity index (χ2v) is 6.32. The van der Waals surface area contributed by atoms with Crippen LogP contribution in [0.25, 0.3) is 0 Å². The van der Waals surface area contributed by atoms with Crippen LogP contribution in [0, 0.1) is 0 Å². The van der Waals surface area contributed by atoms with Gasteiger partial charge in [-0.15, -0.1) is 0 Å². The van der Waals surface area contributed by atoms with Gasteiger partial charge < -0.3 is 5.73 Å². The molecule has 88 valence electrons. The molecule has 6 nitrogen and oxygen atoms in total. The van der Waals surface area contributed by atoms with Gasteiger partial charge in [0.2, 0.25) is 16.0 Å². The van der Waals surface area contributed by atoms with E-state index in [0.717, 1.165) is 17.9 Å². The highest BCUT2D eigenvalue weighted by molar-refractivity contribution is 7.99. The number of hydrogen-bond donors (Lipinski definition) is 2. The third-order valence-corrected chi connectivity index (χ3v) is 4.85. The maximum Gasteiger partial charge on any atom is 0.243 e. The van der Waals surface area contributed by atoms with Crippen LogP contribution < -0.4 is 10.5 Å². The van der Waals surface area contributed by atoms with Crippen molar-refractivity contribution in [1.29, 1.82) is 0 Å². The second kappa shape index (κ2) is 4.56. The fraction of sp³-hybridized carbons (Fsp3) is 0.500. The van der Waals surface area contributed by atoms with Crippen molar-refractivity contribution in [2.45, 2.75) is 17.4 Å². The number of hydrogen-bond acceptors (Lipinski definition) is 6. The van der Waals surface area contributed by atoms with Gasteiger partial charge in [-0.2, -0.15) is 11.8 Å². The van der Waals surface area contributed by atoms with Crippen molar-refractivity contribution in [2.24, 2.45) is 0 Å². The second-order valence-electron chi connectivity index (χ2n) is 3.46. The van der Waals surface area contributed by atoms with Crippen molar-refractivity contribution >= 4 is 27.7 Å². The summed E-state index contributed by atoms with van der Waals surface area (Å²) >= 11 is 1.74. The van der Waals surface area contributed by atoms with Crippen LogP contribution in [0.5, 0.6) is 0 Å². The number of nitrogens with two attached hydrogens (primary N) is 1. The Morgan fingerprint density at radius 2 is 2.12 bits per heavy atom. The van der Waals surface area contributed by atoms with Crippen molar-refractivity contribution in [2.75, 3.05) is 17.2 Å². The fourth-order valence-corrected chi connectivity index (χ4v) is 3.80.